The first kappa shape index (κ1) is 32.8. The van der Waals surface area contributed by atoms with Crippen LogP contribution in [0.4, 0.5) is 10.1 Å². The number of furan rings is 1. The normalized spacial score (nSPS) is 10.0. The highest BCUT2D eigenvalue weighted by atomic mass is 19.1. The van der Waals surface area contributed by atoms with Crippen LogP contribution in [-0.2, 0) is 9.59 Å². The van der Waals surface area contributed by atoms with Gasteiger partial charge in [0.2, 0.25) is 11.5 Å². The van der Waals surface area contributed by atoms with Gasteiger partial charge >= 0.3 is 0 Å². The summed E-state index contributed by atoms with van der Waals surface area (Å²) >= 11 is 0. The number of hydrogen-bond acceptors (Lipinski definition) is 9. The van der Waals surface area contributed by atoms with Crippen molar-refractivity contribution in [1.29, 1.82) is 0 Å². The van der Waals surface area contributed by atoms with Gasteiger partial charge in [-0.3, -0.25) is 4.79 Å². The van der Waals surface area contributed by atoms with Gasteiger partial charge in [-0.25, -0.2) is 14.4 Å². The van der Waals surface area contributed by atoms with Gasteiger partial charge < -0.3 is 28.6 Å². The molecule has 0 aliphatic carbocycles. The summed E-state index contributed by atoms with van der Waals surface area (Å²) < 4.78 is 25.6. The van der Waals surface area contributed by atoms with E-state index in [0.717, 1.165) is 22.4 Å². The second kappa shape index (κ2) is 15.0. The lowest BCUT2D eigenvalue weighted by atomic mass is 9.97. The van der Waals surface area contributed by atoms with Gasteiger partial charge in [0.15, 0.2) is 0 Å². The second-order valence-corrected chi connectivity index (χ2v) is 8.94. The van der Waals surface area contributed by atoms with Crippen LogP contribution in [-0.4, -0.2) is 55.6 Å². The van der Waals surface area contributed by atoms with Crippen LogP contribution in [0.1, 0.15) is 24.2 Å². The van der Waals surface area contributed by atoms with Crippen molar-refractivity contribution < 1.29 is 27.6 Å². The van der Waals surface area contributed by atoms with Crippen molar-refractivity contribution in [3.63, 3.8) is 0 Å². The van der Waals surface area contributed by atoms with Crippen LogP contribution in [0, 0.1) is 5.82 Å². The van der Waals surface area contributed by atoms with Crippen LogP contribution < -0.4 is 10.2 Å². The zero-order valence-corrected chi connectivity index (χ0v) is 25.1. The third-order valence-electron chi connectivity index (χ3n) is 6.32. The van der Waals surface area contributed by atoms with E-state index in [0.29, 0.717) is 45.1 Å². The highest BCUT2D eigenvalue weighted by Gasteiger charge is 2.24. The number of benzene rings is 3. The fraction of sp³-hybridized carbons (Fsp3) is 0.152. The van der Waals surface area contributed by atoms with Crippen molar-refractivity contribution in [2.45, 2.75) is 13.8 Å². The zero-order valence-electron chi connectivity index (χ0n) is 25.1. The number of hydrogen-bond donors (Lipinski definition) is 1. The van der Waals surface area contributed by atoms with Gasteiger partial charge in [0, 0.05) is 67.4 Å². The summed E-state index contributed by atoms with van der Waals surface area (Å²) in [6.45, 7) is 8.00. The van der Waals surface area contributed by atoms with E-state index in [1.807, 2.05) is 82.8 Å². The van der Waals surface area contributed by atoms with E-state index < -0.39 is 0 Å². The Hall–Kier alpha value is -5.71. The highest BCUT2D eigenvalue weighted by Crippen LogP contribution is 2.41. The lowest BCUT2D eigenvalue weighted by molar-refractivity contribution is -0.0987. The molecule has 0 atom stereocenters. The van der Waals surface area contributed by atoms with Crippen molar-refractivity contribution in [2.24, 2.45) is 0 Å². The molecule has 0 aliphatic rings. The van der Waals surface area contributed by atoms with E-state index >= 15 is 0 Å². The maximum absolute atomic E-state index is 13.6. The number of fused-ring (bicyclic) bond motifs is 2. The molecule has 6 rings (SSSR count). The first-order valence-electron chi connectivity index (χ1n) is 13.4. The molecule has 3 heterocycles. The Kier molecular flexibility index (Phi) is 11.2. The summed E-state index contributed by atoms with van der Waals surface area (Å²) in [5.74, 6) is 0.121. The zero-order chi connectivity index (χ0) is 32.4. The van der Waals surface area contributed by atoms with Gasteiger partial charge in [-0.1, -0.05) is 26.0 Å². The van der Waals surface area contributed by atoms with E-state index in [1.54, 1.807) is 31.6 Å². The molecule has 0 aliphatic heterocycles. The summed E-state index contributed by atoms with van der Waals surface area (Å²) in [5, 5.41) is 3.35. The Morgan fingerprint density at radius 1 is 0.864 bits per heavy atom. The van der Waals surface area contributed by atoms with Crippen LogP contribution in [0.15, 0.2) is 81.9 Å². The summed E-state index contributed by atoms with van der Waals surface area (Å²) in [5.41, 5.74) is 5.76. The predicted molar refractivity (Wildman–Crippen MR) is 169 cm³/mol. The maximum atomic E-state index is 13.6. The predicted octanol–water partition coefficient (Wildman–Crippen LogP) is 6.59. The number of oxazole rings is 1. The van der Waals surface area contributed by atoms with E-state index in [-0.39, 0.29) is 11.7 Å². The summed E-state index contributed by atoms with van der Waals surface area (Å²) in [6, 6.07) is 17.5. The molecule has 3 aromatic heterocycles. The summed E-state index contributed by atoms with van der Waals surface area (Å²) in [7, 11) is 5.45. The first-order valence-corrected chi connectivity index (χ1v) is 13.4. The molecule has 226 valence electrons. The number of carbonyl (C=O) groups excluding carboxylic acids is 3. The molecule has 1 N–H and O–H groups in total. The van der Waals surface area contributed by atoms with Crippen LogP contribution in [0.3, 0.4) is 0 Å². The molecule has 3 aromatic carbocycles. The molecule has 0 fully saturated rings. The van der Waals surface area contributed by atoms with E-state index in [9.17, 15) is 9.18 Å². The molecule has 10 nitrogen and oxygen atoms in total. The van der Waals surface area contributed by atoms with E-state index in [4.69, 9.17) is 18.4 Å². The van der Waals surface area contributed by atoms with E-state index in [2.05, 4.69) is 20.3 Å². The van der Waals surface area contributed by atoms with E-state index in [1.165, 1.54) is 12.1 Å². The molecule has 6 aromatic rings. The molecule has 44 heavy (non-hydrogen) atoms. The Balaban J connectivity index is 0.000000832. The molecular weight excluding hydrogens is 565 g/mol. The maximum Gasteiger partial charge on any atom is 0.266 e. The van der Waals surface area contributed by atoms with Gasteiger partial charge in [-0.05, 0) is 48.0 Å². The van der Waals surface area contributed by atoms with Gasteiger partial charge in [0.05, 0.1) is 5.56 Å². The molecular formula is C33H32FN5O5. The quantitative estimate of drug-likeness (QED) is 0.234. The van der Waals surface area contributed by atoms with Gasteiger partial charge in [0.1, 0.15) is 30.7 Å². The number of amides is 1. The van der Waals surface area contributed by atoms with Crippen LogP contribution in [0.5, 0.6) is 0 Å². The van der Waals surface area contributed by atoms with Crippen LogP contribution >= 0.6 is 0 Å². The minimum absolute atomic E-state index is 0.299. The van der Waals surface area contributed by atoms with Crippen LogP contribution in [0.2, 0.25) is 0 Å². The standard InChI is InChI=1S/C29H22FN5O3.C2H6.2CH2O/c1-31-27(36)24-21-14-20(17-5-4-6-18(13-17)28-34-26-29(38-28)33-12-11-32-26)22(35(2)3)15-23(21)37-25(24)16-7-9-19(30)10-8-16;3*1-2/h4-15H,1-3H3,(H,31,36);1-2H3;2*1H2. The number of carbonyl (C=O) groups is 3. The SMILES string of the molecule is C=O.C=O.CC.CNC(=O)c1c(-c2ccc(F)cc2)oc2cc(N(C)C)c(-c3cccc(-c4nc5nccnc5o4)c3)cc12. The number of aromatic nitrogens is 3. The Labute approximate surface area is 253 Å². The second-order valence-electron chi connectivity index (χ2n) is 8.94. The average molecular weight is 598 g/mol. The monoisotopic (exact) mass is 597 g/mol. The molecule has 0 saturated heterocycles. The van der Waals surface area contributed by atoms with Crippen molar-refractivity contribution in [3.8, 4) is 33.9 Å². The molecule has 11 heteroatoms. The minimum atomic E-state index is -0.367. The van der Waals surface area contributed by atoms with Gasteiger partial charge in [0.25, 0.3) is 11.6 Å². The average Bonchev–Trinajstić information content (AvgIpc) is 3.69. The largest absolute Gasteiger partial charge is 0.455 e. The number of anilines is 1. The van der Waals surface area contributed by atoms with Crippen molar-refractivity contribution in [1.82, 2.24) is 20.3 Å². The lowest BCUT2D eigenvalue weighted by Crippen LogP contribution is -2.18. The Morgan fingerprint density at radius 3 is 2.16 bits per heavy atom. The number of nitrogens with one attached hydrogen (secondary N) is 1. The van der Waals surface area contributed by atoms with Crippen LogP contribution in [0.25, 0.3) is 56.2 Å². The molecule has 0 radical (unpaired) electrons. The molecule has 0 saturated carbocycles. The molecule has 0 bridgehead atoms. The summed E-state index contributed by atoms with van der Waals surface area (Å²) in [4.78, 5) is 43.9. The van der Waals surface area contributed by atoms with Gasteiger partial charge in [-0.15, -0.1) is 0 Å². The molecule has 1 amide bonds. The molecule has 0 unspecified atom stereocenters. The number of rotatable bonds is 5. The van der Waals surface area contributed by atoms with Crippen molar-refractivity contribution in [3.05, 3.63) is 84.4 Å². The lowest BCUT2D eigenvalue weighted by Gasteiger charge is -2.18. The third kappa shape index (κ3) is 6.51. The topological polar surface area (TPSA) is 131 Å². The fourth-order valence-electron chi connectivity index (χ4n) is 4.51. The van der Waals surface area contributed by atoms with Crippen molar-refractivity contribution >= 4 is 47.5 Å². The number of halogens is 1. The number of nitrogens with zero attached hydrogens (tertiary/aromatic N) is 4. The summed E-state index contributed by atoms with van der Waals surface area (Å²) in [6.07, 6.45) is 3.13. The molecule has 0 spiro atoms. The van der Waals surface area contributed by atoms with Crippen molar-refractivity contribution in [2.75, 3.05) is 26.0 Å². The minimum Gasteiger partial charge on any atom is -0.455 e. The van der Waals surface area contributed by atoms with Gasteiger partial charge in [-0.2, -0.15) is 4.98 Å². The fourth-order valence-corrected chi connectivity index (χ4v) is 4.51. The Bertz CT molecular complexity index is 1830. The smallest absolute Gasteiger partial charge is 0.266 e. The Morgan fingerprint density at radius 2 is 1.52 bits per heavy atom. The highest BCUT2D eigenvalue weighted by molar-refractivity contribution is 6.12. The first-order chi connectivity index (χ1) is 21.4. The third-order valence-corrected chi connectivity index (χ3v) is 6.32.